The number of benzene rings is 1. The van der Waals surface area contributed by atoms with Crippen LogP contribution < -0.4 is 5.32 Å². The van der Waals surface area contributed by atoms with Gasteiger partial charge in [0.05, 0.1) is 23.0 Å². The molecule has 0 spiro atoms. The fourth-order valence-corrected chi connectivity index (χ4v) is 2.07. The van der Waals surface area contributed by atoms with Gasteiger partial charge in [0, 0.05) is 12.1 Å². The van der Waals surface area contributed by atoms with E-state index in [2.05, 4.69) is 5.32 Å². The van der Waals surface area contributed by atoms with E-state index >= 15 is 0 Å². The summed E-state index contributed by atoms with van der Waals surface area (Å²) < 4.78 is 13.7. The summed E-state index contributed by atoms with van der Waals surface area (Å²) in [7, 11) is 0. The van der Waals surface area contributed by atoms with E-state index in [0.29, 0.717) is 6.07 Å². The molecule has 1 aliphatic rings. The van der Waals surface area contributed by atoms with Gasteiger partial charge in [-0.2, -0.15) is 0 Å². The lowest BCUT2D eigenvalue weighted by Gasteiger charge is -2.16. The third-order valence-electron chi connectivity index (χ3n) is 3.31. The Bertz CT molecular complexity index is 600. The normalized spacial score (nSPS) is 15.3. The highest BCUT2D eigenvalue weighted by molar-refractivity contribution is 5.95. The molecule has 1 unspecified atom stereocenters. The molecule has 1 aliphatic carbocycles. The molecule has 0 aromatic heterocycles. The maximum Gasteiger partial charge on any atom is 0.305 e. The van der Waals surface area contributed by atoms with E-state index in [0.717, 1.165) is 25.0 Å². The predicted octanol–water partition coefficient (Wildman–Crippen LogP) is 1.72. The van der Waals surface area contributed by atoms with Crippen LogP contribution in [0.15, 0.2) is 18.2 Å². The Kier molecular flexibility index (Phi) is 4.15. The topological polar surface area (TPSA) is 110 Å². The van der Waals surface area contributed by atoms with Crippen LogP contribution in [0.3, 0.4) is 0 Å². The summed E-state index contributed by atoms with van der Waals surface area (Å²) in [6, 6.07) is 2.16. The predicted molar refractivity (Wildman–Crippen MR) is 69.3 cm³/mol. The van der Waals surface area contributed by atoms with E-state index < -0.39 is 34.3 Å². The number of nitro benzene ring substituents is 1. The van der Waals surface area contributed by atoms with Gasteiger partial charge in [0.1, 0.15) is 5.82 Å². The lowest BCUT2D eigenvalue weighted by atomic mass is 10.1. The zero-order valence-electron chi connectivity index (χ0n) is 10.9. The highest BCUT2D eigenvalue weighted by atomic mass is 19.1. The van der Waals surface area contributed by atoms with E-state index in [1.54, 1.807) is 0 Å². The molecule has 2 rings (SSSR count). The Hall–Kier alpha value is -2.51. The molecule has 0 aliphatic heterocycles. The molecule has 1 aromatic carbocycles. The van der Waals surface area contributed by atoms with Gasteiger partial charge in [-0.05, 0) is 24.8 Å². The molecular formula is C13H13FN2O5. The highest BCUT2D eigenvalue weighted by Crippen LogP contribution is 2.34. The fourth-order valence-electron chi connectivity index (χ4n) is 2.07. The van der Waals surface area contributed by atoms with Crippen LogP contribution in [-0.2, 0) is 4.79 Å². The zero-order chi connectivity index (χ0) is 15.6. The van der Waals surface area contributed by atoms with Gasteiger partial charge in [-0.25, -0.2) is 4.39 Å². The smallest absolute Gasteiger partial charge is 0.305 e. The first kappa shape index (κ1) is 14.9. The standard InChI is InChI=1S/C13H13FN2O5/c14-10-5-8(16(20)21)3-4-9(10)13(19)15-11(6-12(17)18)7-1-2-7/h3-5,7,11H,1-2,6H2,(H,15,19)(H,17,18). The molecule has 1 aromatic rings. The minimum Gasteiger partial charge on any atom is -0.481 e. The minimum absolute atomic E-state index is 0.0890. The van der Waals surface area contributed by atoms with Crippen LogP contribution in [0.4, 0.5) is 10.1 Å². The number of halogens is 1. The minimum atomic E-state index is -1.05. The van der Waals surface area contributed by atoms with Crippen molar-refractivity contribution in [2.75, 3.05) is 0 Å². The second-order valence-electron chi connectivity index (χ2n) is 4.94. The first-order chi connectivity index (χ1) is 9.88. The van der Waals surface area contributed by atoms with Crippen LogP contribution in [0.5, 0.6) is 0 Å². The molecule has 0 heterocycles. The first-order valence-electron chi connectivity index (χ1n) is 6.35. The van der Waals surface area contributed by atoms with Crippen LogP contribution in [0, 0.1) is 21.8 Å². The molecule has 7 nitrogen and oxygen atoms in total. The number of non-ortho nitro benzene ring substituents is 1. The maximum atomic E-state index is 13.7. The molecule has 1 amide bonds. The summed E-state index contributed by atoms with van der Waals surface area (Å²) >= 11 is 0. The maximum absolute atomic E-state index is 13.7. The van der Waals surface area contributed by atoms with Gasteiger partial charge in [-0.1, -0.05) is 0 Å². The summed E-state index contributed by atoms with van der Waals surface area (Å²) in [6.07, 6.45) is 1.41. The third kappa shape index (κ3) is 3.74. The summed E-state index contributed by atoms with van der Waals surface area (Å²) in [6.45, 7) is 0. The summed E-state index contributed by atoms with van der Waals surface area (Å²) in [5, 5.41) is 21.8. The first-order valence-corrected chi connectivity index (χ1v) is 6.35. The lowest BCUT2D eigenvalue weighted by molar-refractivity contribution is -0.385. The largest absolute Gasteiger partial charge is 0.481 e. The average molecular weight is 296 g/mol. The Balaban J connectivity index is 2.12. The number of carboxylic acids is 1. The van der Waals surface area contributed by atoms with Crippen molar-refractivity contribution < 1.29 is 24.0 Å². The van der Waals surface area contributed by atoms with Crippen LogP contribution in [0.1, 0.15) is 29.6 Å². The van der Waals surface area contributed by atoms with Crippen LogP contribution in [-0.4, -0.2) is 27.9 Å². The van der Waals surface area contributed by atoms with E-state index in [9.17, 15) is 24.1 Å². The molecule has 21 heavy (non-hydrogen) atoms. The number of hydrogen-bond donors (Lipinski definition) is 2. The number of carbonyl (C=O) groups excluding carboxylic acids is 1. The highest BCUT2D eigenvalue weighted by Gasteiger charge is 2.34. The van der Waals surface area contributed by atoms with Crippen molar-refractivity contribution in [1.29, 1.82) is 0 Å². The number of carboxylic acid groups (broad SMARTS) is 1. The Morgan fingerprint density at radius 3 is 2.62 bits per heavy atom. The summed E-state index contributed by atoms with van der Waals surface area (Å²) in [4.78, 5) is 32.4. The number of aliphatic carboxylic acids is 1. The number of carbonyl (C=O) groups is 2. The molecule has 2 N–H and O–H groups in total. The van der Waals surface area contributed by atoms with Gasteiger partial charge in [0.2, 0.25) is 0 Å². The Labute approximate surface area is 118 Å². The molecule has 1 fully saturated rings. The molecule has 8 heteroatoms. The second-order valence-corrected chi connectivity index (χ2v) is 4.94. The average Bonchev–Trinajstić information content (AvgIpc) is 3.21. The van der Waals surface area contributed by atoms with E-state index in [-0.39, 0.29) is 17.9 Å². The van der Waals surface area contributed by atoms with E-state index in [1.165, 1.54) is 0 Å². The number of amides is 1. The molecule has 0 saturated heterocycles. The quantitative estimate of drug-likeness (QED) is 0.613. The number of nitro groups is 1. The van der Waals surface area contributed by atoms with Crippen LogP contribution in [0.25, 0.3) is 0 Å². The SMILES string of the molecule is O=C(O)CC(NC(=O)c1ccc([N+](=O)[O-])cc1F)C1CC1. The molecule has 1 saturated carbocycles. The van der Waals surface area contributed by atoms with Gasteiger partial charge in [0.25, 0.3) is 11.6 Å². The van der Waals surface area contributed by atoms with Gasteiger partial charge in [0.15, 0.2) is 0 Å². The summed E-state index contributed by atoms with van der Waals surface area (Å²) in [5.41, 5.74) is -0.787. The van der Waals surface area contributed by atoms with E-state index in [1.807, 2.05) is 0 Å². The number of hydrogen-bond acceptors (Lipinski definition) is 4. The Morgan fingerprint density at radius 1 is 1.48 bits per heavy atom. The van der Waals surface area contributed by atoms with Crippen molar-refractivity contribution >= 4 is 17.6 Å². The van der Waals surface area contributed by atoms with Crippen molar-refractivity contribution in [3.8, 4) is 0 Å². The van der Waals surface area contributed by atoms with Gasteiger partial charge in [-0.15, -0.1) is 0 Å². The lowest BCUT2D eigenvalue weighted by Crippen LogP contribution is -2.38. The fraction of sp³-hybridized carbons (Fsp3) is 0.385. The van der Waals surface area contributed by atoms with Crippen LogP contribution >= 0.6 is 0 Å². The molecular weight excluding hydrogens is 283 g/mol. The Morgan fingerprint density at radius 2 is 2.14 bits per heavy atom. The molecule has 112 valence electrons. The zero-order valence-corrected chi connectivity index (χ0v) is 10.9. The van der Waals surface area contributed by atoms with Crippen molar-refractivity contribution in [1.82, 2.24) is 5.32 Å². The van der Waals surface area contributed by atoms with E-state index in [4.69, 9.17) is 5.11 Å². The van der Waals surface area contributed by atoms with Crippen molar-refractivity contribution in [2.24, 2.45) is 5.92 Å². The molecule has 1 atom stereocenters. The van der Waals surface area contributed by atoms with Crippen molar-refractivity contribution in [2.45, 2.75) is 25.3 Å². The molecule has 0 radical (unpaired) electrons. The van der Waals surface area contributed by atoms with Gasteiger partial charge < -0.3 is 10.4 Å². The third-order valence-corrected chi connectivity index (χ3v) is 3.31. The number of nitrogens with zero attached hydrogens (tertiary/aromatic N) is 1. The molecule has 0 bridgehead atoms. The second kappa shape index (κ2) is 5.86. The number of nitrogens with one attached hydrogen (secondary N) is 1. The monoisotopic (exact) mass is 296 g/mol. The van der Waals surface area contributed by atoms with Crippen molar-refractivity contribution in [3.63, 3.8) is 0 Å². The van der Waals surface area contributed by atoms with Gasteiger partial charge >= 0.3 is 5.97 Å². The number of rotatable bonds is 6. The van der Waals surface area contributed by atoms with Crippen LogP contribution in [0.2, 0.25) is 0 Å². The summed E-state index contributed by atoms with van der Waals surface area (Å²) in [5.74, 6) is -2.73. The van der Waals surface area contributed by atoms with Gasteiger partial charge in [-0.3, -0.25) is 19.7 Å². The van der Waals surface area contributed by atoms with Crippen molar-refractivity contribution in [3.05, 3.63) is 39.7 Å².